The molecule has 0 aliphatic carbocycles. The second-order valence-electron chi connectivity index (χ2n) is 8.53. The molecule has 0 spiro atoms. The first-order valence-corrected chi connectivity index (χ1v) is 12.0. The first kappa shape index (κ1) is 24.7. The van der Waals surface area contributed by atoms with Crippen LogP contribution in [0.2, 0.25) is 0 Å². The Labute approximate surface area is 205 Å². The van der Waals surface area contributed by atoms with E-state index in [1.807, 2.05) is 0 Å². The molecular weight excluding hydrogens is 446 g/mol. The van der Waals surface area contributed by atoms with E-state index in [9.17, 15) is 9.59 Å². The van der Waals surface area contributed by atoms with E-state index < -0.39 is 0 Å². The van der Waals surface area contributed by atoms with Gasteiger partial charge in [0.05, 0.1) is 19.6 Å². The van der Waals surface area contributed by atoms with Crippen molar-refractivity contribution in [1.29, 1.82) is 0 Å². The number of carbonyl (C=O) groups excluding carboxylic acids is 1. The van der Waals surface area contributed by atoms with Crippen LogP contribution in [-0.4, -0.2) is 85.5 Å². The summed E-state index contributed by atoms with van der Waals surface area (Å²) in [7, 11) is 3.07. The van der Waals surface area contributed by atoms with Gasteiger partial charge in [0.25, 0.3) is 11.5 Å². The predicted molar refractivity (Wildman–Crippen MR) is 136 cm³/mol. The molecule has 0 unspecified atom stereocenters. The van der Waals surface area contributed by atoms with Crippen LogP contribution in [0.1, 0.15) is 23.8 Å². The number of aromatic nitrogens is 2. The summed E-state index contributed by atoms with van der Waals surface area (Å²) in [6, 6.07) is 12.1. The van der Waals surface area contributed by atoms with Gasteiger partial charge in [0.2, 0.25) is 0 Å². The van der Waals surface area contributed by atoms with Gasteiger partial charge >= 0.3 is 0 Å². The van der Waals surface area contributed by atoms with Crippen LogP contribution in [0.15, 0.2) is 47.3 Å². The zero-order valence-electron chi connectivity index (χ0n) is 20.6. The van der Waals surface area contributed by atoms with Crippen molar-refractivity contribution in [3.8, 4) is 17.2 Å². The van der Waals surface area contributed by atoms with E-state index in [0.29, 0.717) is 34.5 Å². The molecule has 1 aliphatic rings. The maximum Gasteiger partial charge on any atom is 0.279 e. The molecular formula is C26H33N5O4. The molecule has 2 heterocycles. The highest BCUT2D eigenvalue weighted by Crippen LogP contribution is 2.27. The molecule has 9 heteroatoms. The Hall–Kier alpha value is -3.43. The van der Waals surface area contributed by atoms with Crippen LogP contribution in [-0.2, 0) is 0 Å². The molecule has 35 heavy (non-hydrogen) atoms. The van der Waals surface area contributed by atoms with Crippen molar-refractivity contribution in [2.24, 2.45) is 0 Å². The van der Waals surface area contributed by atoms with Gasteiger partial charge in [-0.25, -0.2) is 0 Å². The third-order valence-corrected chi connectivity index (χ3v) is 6.48. The van der Waals surface area contributed by atoms with Crippen molar-refractivity contribution in [3.05, 3.63) is 58.5 Å². The first-order chi connectivity index (χ1) is 17.0. The number of fused-ring (bicyclic) bond motifs is 1. The quantitative estimate of drug-likeness (QED) is 0.471. The Morgan fingerprint density at radius 1 is 1.00 bits per heavy atom. The summed E-state index contributed by atoms with van der Waals surface area (Å²) >= 11 is 0. The van der Waals surface area contributed by atoms with Gasteiger partial charge in [-0.1, -0.05) is 25.1 Å². The van der Waals surface area contributed by atoms with Gasteiger partial charge < -0.3 is 24.6 Å². The number of carbonyl (C=O) groups is 1. The van der Waals surface area contributed by atoms with Crippen LogP contribution in [0, 0.1) is 0 Å². The van der Waals surface area contributed by atoms with Crippen LogP contribution in [0.5, 0.6) is 11.5 Å². The zero-order chi connectivity index (χ0) is 24.8. The molecule has 3 aromatic rings. The number of ether oxygens (including phenoxy) is 2. The van der Waals surface area contributed by atoms with Gasteiger partial charge in [0, 0.05) is 44.2 Å². The number of nitrogens with one attached hydrogen (secondary N) is 1. The fourth-order valence-electron chi connectivity index (χ4n) is 4.40. The SMILES string of the molecule is CCN1CCN(CCCNC(=O)c2nn(-c3ccc(OC)cc3OC)c(=O)c3ccccc23)CC1. The van der Waals surface area contributed by atoms with Crippen molar-refractivity contribution >= 4 is 16.7 Å². The lowest BCUT2D eigenvalue weighted by Gasteiger charge is -2.33. The van der Waals surface area contributed by atoms with Crippen molar-refractivity contribution in [1.82, 2.24) is 24.9 Å². The van der Waals surface area contributed by atoms with Crippen LogP contribution in [0.4, 0.5) is 0 Å². The Balaban J connectivity index is 1.54. The van der Waals surface area contributed by atoms with Crippen LogP contribution < -0.4 is 20.3 Å². The number of nitrogens with zero attached hydrogens (tertiary/aromatic N) is 4. The largest absolute Gasteiger partial charge is 0.497 e. The lowest BCUT2D eigenvalue weighted by atomic mass is 10.1. The van der Waals surface area contributed by atoms with Crippen LogP contribution in [0.25, 0.3) is 16.5 Å². The van der Waals surface area contributed by atoms with Crippen molar-refractivity contribution in [2.75, 3.05) is 60.0 Å². The van der Waals surface area contributed by atoms with E-state index >= 15 is 0 Å². The molecule has 1 aliphatic heterocycles. The summed E-state index contributed by atoms with van der Waals surface area (Å²) in [6.07, 6.45) is 0.849. The molecule has 1 aromatic heterocycles. The predicted octanol–water partition coefficient (Wildman–Crippen LogP) is 2.16. The lowest BCUT2D eigenvalue weighted by molar-refractivity contribution is 0.0943. The highest BCUT2D eigenvalue weighted by atomic mass is 16.5. The third-order valence-electron chi connectivity index (χ3n) is 6.48. The van der Waals surface area contributed by atoms with E-state index in [2.05, 4.69) is 27.1 Å². The second kappa shape index (κ2) is 11.3. The highest BCUT2D eigenvalue weighted by molar-refractivity contribution is 6.04. The standard InChI is InChI=1S/C26H33N5O4/c1-4-29-14-16-30(17-15-29)13-7-12-27-25(32)24-20-8-5-6-9-21(20)26(33)31(28-24)22-11-10-19(34-2)18-23(22)35-3/h5-6,8-11,18H,4,7,12-17H2,1-3H3,(H,27,32). The Bertz CT molecular complexity index is 1230. The molecule has 0 atom stereocenters. The Morgan fingerprint density at radius 3 is 2.40 bits per heavy atom. The molecule has 4 rings (SSSR count). The smallest absolute Gasteiger partial charge is 0.279 e. The number of methoxy groups -OCH3 is 2. The van der Waals surface area contributed by atoms with Crippen LogP contribution >= 0.6 is 0 Å². The van der Waals surface area contributed by atoms with Gasteiger partial charge in [-0.15, -0.1) is 0 Å². The molecule has 1 saturated heterocycles. The molecule has 1 N–H and O–H groups in total. The summed E-state index contributed by atoms with van der Waals surface area (Å²) in [4.78, 5) is 31.3. The van der Waals surface area contributed by atoms with Crippen molar-refractivity contribution in [3.63, 3.8) is 0 Å². The van der Waals surface area contributed by atoms with Gasteiger partial charge in [-0.3, -0.25) is 9.59 Å². The molecule has 0 radical (unpaired) electrons. The molecule has 186 valence electrons. The molecule has 0 saturated carbocycles. The number of amides is 1. The van der Waals surface area contributed by atoms with E-state index in [4.69, 9.17) is 9.47 Å². The lowest BCUT2D eigenvalue weighted by Crippen LogP contribution is -2.46. The van der Waals surface area contributed by atoms with E-state index in [0.717, 1.165) is 45.7 Å². The average molecular weight is 480 g/mol. The minimum absolute atomic E-state index is 0.203. The average Bonchev–Trinajstić information content (AvgIpc) is 2.91. The summed E-state index contributed by atoms with van der Waals surface area (Å²) in [5, 5.41) is 8.41. The second-order valence-corrected chi connectivity index (χ2v) is 8.53. The van der Waals surface area contributed by atoms with Gasteiger partial charge in [-0.2, -0.15) is 9.78 Å². The molecule has 0 bridgehead atoms. The number of hydrogen-bond acceptors (Lipinski definition) is 7. The third kappa shape index (κ3) is 5.47. The molecule has 2 aromatic carbocycles. The summed E-state index contributed by atoms with van der Waals surface area (Å²) in [6.45, 7) is 9.06. The first-order valence-electron chi connectivity index (χ1n) is 12.0. The minimum atomic E-state index is -0.327. The monoisotopic (exact) mass is 479 g/mol. The Kier molecular flexibility index (Phi) is 7.99. The minimum Gasteiger partial charge on any atom is -0.497 e. The Morgan fingerprint density at radius 2 is 1.71 bits per heavy atom. The molecule has 9 nitrogen and oxygen atoms in total. The number of likely N-dealkylation sites (N-methyl/N-ethyl adjacent to an activating group) is 1. The van der Waals surface area contributed by atoms with Gasteiger partial charge in [-0.05, 0) is 37.7 Å². The highest BCUT2D eigenvalue weighted by Gasteiger charge is 2.20. The van der Waals surface area contributed by atoms with Gasteiger partial charge in [0.15, 0.2) is 5.69 Å². The molecule has 1 amide bonds. The number of hydrogen-bond donors (Lipinski definition) is 1. The normalized spacial score (nSPS) is 14.7. The fraction of sp³-hybridized carbons (Fsp3) is 0.423. The maximum absolute atomic E-state index is 13.3. The number of piperazine rings is 1. The number of rotatable bonds is 9. The maximum atomic E-state index is 13.3. The summed E-state index contributed by atoms with van der Waals surface area (Å²) < 4.78 is 12.0. The zero-order valence-corrected chi connectivity index (χ0v) is 20.6. The van der Waals surface area contributed by atoms with Crippen molar-refractivity contribution < 1.29 is 14.3 Å². The van der Waals surface area contributed by atoms with E-state index in [1.54, 1.807) is 49.6 Å². The fourth-order valence-corrected chi connectivity index (χ4v) is 4.40. The van der Waals surface area contributed by atoms with Crippen LogP contribution in [0.3, 0.4) is 0 Å². The summed E-state index contributed by atoms with van der Waals surface area (Å²) in [5.41, 5.74) is 0.311. The number of benzene rings is 2. The van der Waals surface area contributed by atoms with Crippen molar-refractivity contribution in [2.45, 2.75) is 13.3 Å². The van der Waals surface area contributed by atoms with E-state index in [1.165, 1.54) is 11.8 Å². The van der Waals surface area contributed by atoms with Gasteiger partial charge in [0.1, 0.15) is 17.2 Å². The topological polar surface area (TPSA) is 88.9 Å². The molecule has 1 fully saturated rings. The summed E-state index contributed by atoms with van der Waals surface area (Å²) in [5.74, 6) is 0.704. The van der Waals surface area contributed by atoms with E-state index in [-0.39, 0.29) is 17.2 Å².